The van der Waals surface area contributed by atoms with E-state index in [1.807, 2.05) is 18.2 Å². The summed E-state index contributed by atoms with van der Waals surface area (Å²) in [7, 11) is 0. The van der Waals surface area contributed by atoms with Gasteiger partial charge in [0.1, 0.15) is 0 Å². The van der Waals surface area contributed by atoms with Gasteiger partial charge in [0.2, 0.25) is 6.79 Å². The number of rotatable bonds is 3. The number of carbonyl (C=O) groups excluding carboxylic acids is 1. The van der Waals surface area contributed by atoms with E-state index in [1.165, 1.54) is 6.08 Å². The molecule has 0 saturated heterocycles. The van der Waals surface area contributed by atoms with Crippen molar-refractivity contribution in [3.05, 3.63) is 63.6 Å². The van der Waals surface area contributed by atoms with E-state index >= 15 is 0 Å². The molecule has 1 aliphatic rings. The Balaban J connectivity index is 1.84. The molecule has 1 heterocycles. The molecule has 0 saturated carbocycles. The third kappa shape index (κ3) is 2.89. The van der Waals surface area contributed by atoms with Crippen LogP contribution in [0.15, 0.2) is 42.5 Å². The predicted molar refractivity (Wildman–Crippen MR) is 82.4 cm³/mol. The van der Waals surface area contributed by atoms with Crippen molar-refractivity contribution in [1.29, 1.82) is 0 Å². The smallest absolute Gasteiger partial charge is 0.231 e. The van der Waals surface area contributed by atoms with Crippen LogP contribution < -0.4 is 9.47 Å². The minimum absolute atomic E-state index is 0.162. The van der Waals surface area contributed by atoms with Crippen molar-refractivity contribution >= 4 is 35.1 Å². The highest BCUT2D eigenvalue weighted by Gasteiger charge is 2.15. The first-order chi connectivity index (χ1) is 10.1. The second kappa shape index (κ2) is 5.80. The van der Waals surface area contributed by atoms with Gasteiger partial charge in [-0.1, -0.05) is 35.3 Å². The largest absolute Gasteiger partial charge is 0.454 e. The highest BCUT2D eigenvalue weighted by atomic mass is 35.5. The van der Waals surface area contributed by atoms with E-state index in [4.69, 9.17) is 32.7 Å². The van der Waals surface area contributed by atoms with Crippen LogP contribution in [0.5, 0.6) is 11.5 Å². The van der Waals surface area contributed by atoms with Crippen LogP contribution in [0.2, 0.25) is 10.0 Å². The molecule has 0 fully saturated rings. The van der Waals surface area contributed by atoms with Gasteiger partial charge in [-0.05, 0) is 36.4 Å². The second-order valence-corrected chi connectivity index (χ2v) is 5.22. The third-order valence-electron chi connectivity index (χ3n) is 3.05. The van der Waals surface area contributed by atoms with Crippen LogP contribution in [-0.2, 0) is 0 Å². The maximum absolute atomic E-state index is 12.1. The lowest BCUT2D eigenvalue weighted by Gasteiger charge is -2.01. The van der Waals surface area contributed by atoms with Crippen LogP contribution in [0.4, 0.5) is 0 Å². The summed E-state index contributed by atoms with van der Waals surface area (Å²) in [6.45, 7) is 0.195. The number of hydrogen-bond donors (Lipinski definition) is 0. The monoisotopic (exact) mass is 320 g/mol. The van der Waals surface area contributed by atoms with E-state index in [2.05, 4.69) is 0 Å². The number of halogens is 2. The molecule has 2 aromatic carbocycles. The first kappa shape index (κ1) is 14.0. The van der Waals surface area contributed by atoms with E-state index in [0.29, 0.717) is 27.1 Å². The number of ketones is 1. The maximum Gasteiger partial charge on any atom is 0.231 e. The summed E-state index contributed by atoms with van der Waals surface area (Å²) in [5, 5.41) is 0.775. The van der Waals surface area contributed by atoms with E-state index < -0.39 is 0 Å². The van der Waals surface area contributed by atoms with E-state index in [9.17, 15) is 4.79 Å². The molecule has 5 heteroatoms. The predicted octanol–water partition coefficient (Wildman–Crippen LogP) is 4.62. The summed E-state index contributed by atoms with van der Waals surface area (Å²) in [6.07, 6.45) is 3.16. The zero-order valence-corrected chi connectivity index (χ0v) is 12.3. The molecule has 1 aliphatic heterocycles. The Morgan fingerprint density at radius 3 is 2.76 bits per heavy atom. The van der Waals surface area contributed by atoms with Crippen LogP contribution in [0.1, 0.15) is 15.9 Å². The second-order valence-electron chi connectivity index (χ2n) is 4.41. The van der Waals surface area contributed by atoms with Crippen molar-refractivity contribution in [3.63, 3.8) is 0 Å². The van der Waals surface area contributed by atoms with E-state index in [1.54, 1.807) is 24.3 Å². The number of benzene rings is 2. The van der Waals surface area contributed by atoms with E-state index in [-0.39, 0.29) is 12.6 Å². The Bertz CT molecular complexity index is 738. The van der Waals surface area contributed by atoms with Crippen molar-refractivity contribution in [2.24, 2.45) is 0 Å². The lowest BCUT2D eigenvalue weighted by atomic mass is 10.1. The van der Waals surface area contributed by atoms with Gasteiger partial charge in [-0.25, -0.2) is 0 Å². The van der Waals surface area contributed by atoms with Gasteiger partial charge in [0.25, 0.3) is 0 Å². The molecular weight excluding hydrogens is 311 g/mol. The maximum atomic E-state index is 12.1. The van der Waals surface area contributed by atoms with Crippen molar-refractivity contribution in [3.8, 4) is 11.5 Å². The van der Waals surface area contributed by atoms with Crippen molar-refractivity contribution in [2.75, 3.05) is 6.79 Å². The fraction of sp³-hybridized carbons (Fsp3) is 0.0625. The molecule has 0 unspecified atom stereocenters. The van der Waals surface area contributed by atoms with Crippen molar-refractivity contribution < 1.29 is 14.3 Å². The highest BCUT2D eigenvalue weighted by molar-refractivity contribution is 6.42. The summed E-state index contributed by atoms with van der Waals surface area (Å²) >= 11 is 11.7. The van der Waals surface area contributed by atoms with Crippen LogP contribution in [-0.4, -0.2) is 12.6 Å². The number of hydrogen-bond acceptors (Lipinski definition) is 3. The van der Waals surface area contributed by atoms with Crippen molar-refractivity contribution in [1.82, 2.24) is 0 Å². The van der Waals surface area contributed by atoms with Gasteiger partial charge < -0.3 is 9.47 Å². The molecule has 21 heavy (non-hydrogen) atoms. The highest BCUT2D eigenvalue weighted by Crippen LogP contribution is 2.36. The molecule has 0 radical (unpaired) electrons. The van der Waals surface area contributed by atoms with Gasteiger partial charge in [0.15, 0.2) is 17.3 Å². The van der Waals surface area contributed by atoms with Gasteiger partial charge in [-0.3, -0.25) is 4.79 Å². The van der Waals surface area contributed by atoms with Gasteiger partial charge in [0, 0.05) is 11.1 Å². The summed E-state index contributed by atoms with van der Waals surface area (Å²) in [6, 6.07) is 10.3. The Morgan fingerprint density at radius 1 is 1.10 bits per heavy atom. The molecule has 106 valence electrons. The quantitative estimate of drug-likeness (QED) is 0.611. The summed E-state index contributed by atoms with van der Waals surface area (Å²) in [5.41, 5.74) is 1.27. The number of carbonyl (C=O) groups is 1. The Kier molecular flexibility index (Phi) is 3.86. The normalized spacial score (nSPS) is 12.9. The molecule has 0 spiro atoms. The summed E-state index contributed by atoms with van der Waals surface area (Å²) in [4.78, 5) is 12.1. The molecule has 0 aliphatic carbocycles. The average Bonchev–Trinajstić information content (AvgIpc) is 2.96. The van der Waals surface area contributed by atoms with Crippen molar-refractivity contribution in [2.45, 2.75) is 0 Å². The van der Waals surface area contributed by atoms with Crippen LogP contribution in [0.3, 0.4) is 0 Å². The van der Waals surface area contributed by atoms with Gasteiger partial charge in [0.05, 0.1) is 10.0 Å². The minimum atomic E-state index is -0.162. The fourth-order valence-corrected chi connectivity index (χ4v) is 2.29. The Labute approximate surface area is 131 Å². The standard InChI is InChI=1S/C16H10Cl2O3/c17-12-6-4-11(8-13(12)18)14(19)7-5-10-2-1-3-15-16(10)21-9-20-15/h1-8H,9H2/b7-5+. The van der Waals surface area contributed by atoms with Gasteiger partial charge >= 0.3 is 0 Å². The molecule has 0 N–H and O–H groups in total. The molecule has 0 bridgehead atoms. The number of para-hydroxylation sites is 1. The third-order valence-corrected chi connectivity index (χ3v) is 3.78. The molecule has 3 nitrogen and oxygen atoms in total. The Hall–Kier alpha value is -1.97. The number of fused-ring (bicyclic) bond motifs is 1. The number of allylic oxidation sites excluding steroid dienone is 1. The van der Waals surface area contributed by atoms with Gasteiger partial charge in [-0.15, -0.1) is 0 Å². The van der Waals surface area contributed by atoms with Crippen LogP contribution in [0, 0.1) is 0 Å². The minimum Gasteiger partial charge on any atom is -0.454 e. The average molecular weight is 321 g/mol. The Morgan fingerprint density at radius 2 is 1.95 bits per heavy atom. The molecule has 0 amide bonds. The molecule has 3 rings (SSSR count). The van der Waals surface area contributed by atoms with Crippen LogP contribution >= 0.6 is 23.2 Å². The van der Waals surface area contributed by atoms with Gasteiger partial charge in [-0.2, -0.15) is 0 Å². The molecule has 0 aromatic heterocycles. The fourth-order valence-electron chi connectivity index (χ4n) is 2.00. The molecule has 0 atom stereocenters. The van der Waals surface area contributed by atoms with E-state index in [0.717, 1.165) is 5.56 Å². The first-order valence-corrected chi connectivity index (χ1v) is 6.97. The number of ether oxygens (including phenoxy) is 2. The molecule has 2 aromatic rings. The zero-order chi connectivity index (χ0) is 14.8. The zero-order valence-electron chi connectivity index (χ0n) is 10.8. The SMILES string of the molecule is O=C(/C=C/c1cccc2c1OCO2)c1ccc(Cl)c(Cl)c1. The summed E-state index contributed by atoms with van der Waals surface area (Å²) < 4.78 is 10.7. The molecular formula is C16H10Cl2O3. The lowest BCUT2D eigenvalue weighted by Crippen LogP contribution is -1.95. The summed E-state index contributed by atoms with van der Waals surface area (Å²) in [5.74, 6) is 1.17. The van der Waals surface area contributed by atoms with Crippen LogP contribution in [0.25, 0.3) is 6.08 Å². The lowest BCUT2D eigenvalue weighted by molar-refractivity contribution is 0.104. The topological polar surface area (TPSA) is 35.5 Å². The first-order valence-electron chi connectivity index (χ1n) is 6.21.